The number of furan rings is 1. The standard InChI is InChI=1S/C24H26N2O4/c1-14-21(24(28)29-4)23(20-6-5-11-30-20)22-18(25-14)12-16(13-19(22)27)15-7-9-17(10-8-15)26(2)3/h5-11,16,21,23H,12-13H2,1-4H3/t16-,21?,23-/m1/s1. The number of methoxy groups -OCH3 is 1. The van der Waals surface area contributed by atoms with E-state index < -0.39 is 17.8 Å². The molecular weight excluding hydrogens is 380 g/mol. The van der Waals surface area contributed by atoms with Crippen molar-refractivity contribution in [3.63, 3.8) is 0 Å². The zero-order chi connectivity index (χ0) is 21.4. The molecule has 3 atom stereocenters. The Labute approximate surface area is 176 Å². The van der Waals surface area contributed by atoms with Gasteiger partial charge in [0.15, 0.2) is 5.78 Å². The molecule has 6 nitrogen and oxygen atoms in total. The summed E-state index contributed by atoms with van der Waals surface area (Å²) in [6.07, 6.45) is 2.61. The van der Waals surface area contributed by atoms with Gasteiger partial charge >= 0.3 is 5.97 Å². The van der Waals surface area contributed by atoms with E-state index in [2.05, 4.69) is 24.3 Å². The van der Waals surface area contributed by atoms with Gasteiger partial charge in [-0.3, -0.25) is 14.6 Å². The van der Waals surface area contributed by atoms with Gasteiger partial charge in [0, 0.05) is 43.2 Å². The molecule has 1 aromatic heterocycles. The maximum absolute atomic E-state index is 13.3. The van der Waals surface area contributed by atoms with Crippen molar-refractivity contribution in [3.05, 3.63) is 65.3 Å². The van der Waals surface area contributed by atoms with Crippen molar-refractivity contribution in [1.82, 2.24) is 0 Å². The molecule has 6 heteroatoms. The van der Waals surface area contributed by atoms with Crippen LogP contribution in [0, 0.1) is 5.92 Å². The Balaban J connectivity index is 1.73. The number of Topliss-reactive ketones (excluding diaryl/α,β-unsaturated/α-hetero) is 1. The predicted octanol–water partition coefficient (Wildman–Crippen LogP) is 4.09. The molecule has 1 unspecified atom stereocenters. The largest absolute Gasteiger partial charge is 0.469 e. The Bertz CT molecular complexity index is 1020. The van der Waals surface area contributed by atoms with E-state index in [0.29, 0.717) is 29.9 Å². The first-order valence-electron chi connectivity index (χ1n) is 10.1. The van der Waals surface area contributed by atoms with Crippen molar-refractivity contribution in [1.29, 1.82) is 0 Å². The third kappa shape index (κ3) is 3.47. The highest BCUT2D eigenvalue weighted by Crippen LogP contribution is 2.46. The molecule has 0 saturated heterocycles. The zero-order valence-corrected chi connectivity index (χ0v) is 17.7. The Morgan fingerprint density at radius 1 is 1.17 bits per heavy atom. The van der Waals surface area contributed by atoms with Crippen molar-refractivity contribution >= 4 is 23.2 Å². The fourth-order valence-electron chi connectivity index (χ4n) is 4.55. The maximum atomic E-state index is 13.3. The normalized spacial score (nSPS) is 23.7. The number of esters is 1. The van der Waals surface area contributed by atoms with Gasteiger partial charge < -0.3 is 14.1 Å². The van der Waals surface area contributed by atoms with Crippen LogP contribution < -0.4 is 4.90 Å². The molecule has 0 bridgehead atoms. The van der Waals surface area contributed by atoms with Gasteiger partial charge in [0.25, 0.3) is 0 Å². The van der Waals surface area contributed by atoms with Crippen molar-refractivity contribution < 1.29 is 18.7 Å². The summed E-state index contributed by atoms with van der Waals surface area (Å²) < 4.78 is 10.7. The minimum Gasteiger partial charge on any atom is -0.469 e. The Morgan fingerprint density at radius 2 is 1.90 bits per heavy atom. The van der Waals surface area contributed by atoms with Gasteiger partial charge in [-0.1, -0.05) is 12.1 Å². The molecule has 0 radical (unpaired) electrons. The molecule has 0 fully saturated rings. The van der Waals surface area contributed by atoms with E-state index in [1.54, 1.807) is 12.3 Å². The first-order valence-corrected chi connectivity index (χ1v) is 10.1. The summed E-state index contributed by atoms with van der Waals surface area (Å²) in [7, 11) is 5.36. The molecule has 2 aromatic rings. The van der Waals surface area contributed by atoms with Gasteiger partial charge in [-0.2, -0.15) is 0 Å². The average molecular weight is 406 g/mol. The van der Waals surface area contributed by atoms with Crippen LogP contribution in [0.2, 0.25) is 0 Å². The molecule has 4 rings (SSSR count). The number of hydrogen-bond donors (Lipinski definition) is 0. The number of carbonyl (C=O) groups excluding carboxylic acids is 2. The number of hydrogen-bond acceptors (Lipinski definition) is 6. The molecule has 2 aliphatic rings. The van der Waals surface area contributed by atoms with Crippen molar-refractivity contribution in [2.24, 2.45) is 10.9 Å². The monoisotopic (exact) mass is 406 g/mol. The lowest BCUT2D eigenvalue weighted by atomic mass is 9.71. The van der Waals surface area contributed by atoms with E-state index in [9.17, 15) is 9.59 Å². The molecule has 1 aliphatic carbocycles. The van der Waals surface area contributed by atoms with E-state index in [0.717, 1.165) is 16.9 Å². The second-order valence-corrected chi connectivity index (χ2v) is 8.12. The second kappa shape index (κ2) is 7.94. The zero-order valence-electron chi connectivity index (χ0n) is 17.7. The van der Waals surface area contributed by atoms with E-state index in [4.69, 9.17) is 14.1 Å². The van der Waals surface area contributed by atoms with Crippen LogP contribution in [0.3, 0.4) is 0 Å². The van der Waals surface area contributed by atoms with Crippen LogP contribution >= 0.6 is 0 Å². The predicted molar refractivity (Wildman–Crippen MR) is 115 cm³/mol. The first kappa shape index (κ1) is 20.1. The number of aliphatic imine (C=N–C) groups is 1. The van der Waals surface area contributed by atoms with Crippen LogP contribution in [0.15, 0.2) is 63.3 Å². The van der Waals surface area contributed by atoms with Gasteiger partial charge in [-0.25, -0.2) is 0 Å². The highest BCUT2D eigenvalue weighted by Gasteiger charge is 2.45. The van der Waals surface area contributed by atoms with Gasteiger partial charge in [-0.05, 0) is 49.1 Å². The van der Waals surface area contributed by atoms with Crippen LogP contribution in [0.5, 0.6) is 0 Å². The SMILES string of the molecule is COC(=O)C1C(C)=NC2=C(C(=O)C[C@H](c3ccc(N(C)C)cc3)C2)[C@@H]1c1ccco1. The van der Waals surface area contributed by atoms with Gasteiger partial charge in [0.2, 0.25) is 0 Å². The molecule has 2 heterocycles. The lowest BCUT2D eigenvalue weighted by Crippen LogP contribution is -2.37. The van der Waals surface area contributed by atoms with E-state index in [1.807, 2.05) is 32.0 Å². The quantitative estimate of drug-likeness (QED) is 0.715. The van der Waals surface area contributed by atoms with Gasteiger partial charge in [-0.15, -0.1) is 0 Å². The third-order valence-corrected chi connectivity index (χ3v) is 6.07. The van der Waals surface area contributed by atoms with Crippen LogP contribution in [-0.4, -0.2) is 38.7 Å². The number of nitrogens with zero attached hydrogens (tertiary/aromatic N) is 2. The average Bonchev–Trinajstić information content (AvgIpc) is 3.26. The lowest BCUT2D eigenvalue weighted by molar-refractivity contribution is -0.143. The Morgan fingerprint density at radius 3 is 2.50 bits per heavy atom. The number of ether oxygens (including phenoxy) is 1. The van der Waals surface area contributed by atoms with E-state index >= 15 is 0 Å². The number of allylic oxidation sites excluding steroid dienone is 2. The summed E-state index contributed by atoms with van der Waals surface area (Å²) in [4.78, 5) is 32.6. The van der Waals surface area contributed by atoms with Crippen LogP contribution in [0.4, 0.5) is 5.69 Å². The summed E-state index contributed by atoms with van der Waals surface area (Å²) in [6, 6.07) is 11.9. The number of ketones is 1. The highest BCUT2D eigenvalue weighted by atomic mass is 16.5. The summed E-state index contributed by atoms with van der Waals surface area (Å²) in [6.45, 7) is 1.82. The van der Waals surface area contributed by atoms with Crippen LogP contribution in [0.25, 0.3) is 0 Å². The number of rotatable bonds is 4. The Kier molecular flexibility index (Phi) is 5.33. The maximum Gasteiger partial charge on any atom is 0.315 e. The molecule has 30 heavy (non-hydrogen) atoms. The fraction of sp³-hybridized carbons (Fsp3) is 0.375. The summed E-state index contributed by atoms with van der Waals surface area (Å²) in [5.41, 5.74) is 4.24. The molecular formula is C24H26N2O4. The summed E-state index contributed by atoms with van der Waals surface area (Å²) in [5.74, 6) is -0.877. The number of carbonyl (C=O) groups is 2. The molecule has 0 saturated carbocycles. The number of benzene rings is 1. The molecule has 0 N–H and O–H groups in total. The molecule has 1 aliphatic heterocycles. The lowest BCUT2D eigenvalue weighted by Gasteiger charge is -2.35. The third-order valence-electron chi connectivity index (χ3n) is 6.07. The summed E-state index contributed by atoms with van der Waals surface area (Å²) >= 11 is 0. The van der Waals surface area contributed by atoms with E-state index in [-0.39, 0.29) is 11.7 Å². The van der Waals surface area contributed by atoms with Gasteiger partial charge in [0.05, 0.1) is 19.3 Å². The van der Waals surface area contributed by atoms with Crippen molar-refractivity contribution in [2.45, 2.75) is 31.6 Å². The minimum absolute atomic E-state index is 0.0180. The van der Waals surface area contributed by atoms with Crippen LogP contribution in [-0.2, 0) is 14.3 Å². The number of anilines is 1. The molecule has 0 amide bonds. The molecule has 156 valence electrons. The van der Waals surface area contributed by atoms with Crippen LogP contribution in [0.1, 0.15) is 42.9 Å². The van der Waals surface area contributed by atoms with E-state index in [1.165, 1.54) is 7.11 Å². The summed E-state index contributed by atoms with van der Waals surface area (Å²) in [5, 5.41) is 0. The topological polar surface area (TPSA) is 72.1 Å². The fourth-order valence-corrected chi connectivity index (χ4v) is 4.55. The van der Waals surface area contributed by atoms with Crippen molar-refractivity contribution in [3.8, 4) is 0 Å². The second-order valence-electron chi connectivity index (χ2n) is 8.12. The minimum atomic E-state index is -0.653. The smallest absolute Gasteiger partial charge is 0.315 e. The molecule has 0 spiro atoms. The van der Waals surface area contributed by atoms with Gasteiger partial charge in [0.1, 0.15) is 11.7 Å². The highest BCUT2D eigenvalue weighted by molar-refractivity contribution is 6.08. The molecule has 1 aromatic carbocycles. The van der Waals surface area contributed by atoms with Crippen molar-refractivity contribution in [2.75, 3.05) is 26.1 Å². The first-order chi connectivity index (χ1) is 14.4. The Hall–Kier alpha value is -3.15.